The van der Waals surface area contributed by atoms with Crippen molar-refractivity contribution in [1.82, 2.24) is 9.88 Å². The molecule has 3 aromatic rings. The van der Waals surface area contributed by atoms with E-state index in [4.69, 9.17) is 0 Å². The number of carboxylic acid groups (broad SMARTS) is 1. The van der Waals surface area contributed by atoms with Gasteiger partial charge in [0.05, 0.1) is 11.3 Å². The maximum atomic E-state index is 13.2. The van der Waals surface area contributed by atoms with Gasteiger partial charge in [-0.1, -0.05) is 31.2 Å². The summed E-state index contributed by atoms with van der Waals surface area (Å²) < 4.78 is 1.65. The number of nitrogens with zero attached hydrogens (tertiary/aromatic N) is 2. The molecule has 8 nitrogen and oxygen atoms in total. The molecule has 0 atom stereocenters. The fourth-order valence-electron chi connectivity index (χ4n) is 3.59. The van der Waals surface area contributed by atoms with Gasteiger partial charge in [-0.25, -0.2) is 14.5 Å². The van der Waals surface area contributed by atoms with E-state index in [0.717, 1.165) is 10.5 Å². The number of hydrogen-bond donors (Lipinski definition) is 2. The lowest BCUT2D eigenvalue weighted by Crippen LogP contribution is -2.54. The highest BCUT2D eigenvalue weighted by Crippen LogP contribution is 2.26. The summed E-state index contributed by atoms with van der Waals surface area (Å²) in [6, 6.07) is 15.9. The molecule has 2 N–H and O–H groups in total. The number of anilines is 1. The molecule has 0 radical (unpaired) electrons. The number of urea groups is 1. The van der Waals surface area contributed by atoms with Crippen molar-refractivity contribution in [2.45, 2.75) is 13.3 Å². The highest BCUT2D eigenvalue weighted by atomic mass is 16.4. The number of aryl methyl sites for hydroxylation is 1. The normalized spacial score (nSPS) is 15.2. The molecule has 1 aromatic heterocycles. The Hall–Kier alpha value is -4.46. The Labute approximate surface area is 183 Å². The van der Waals surface area contributed by atoms with Gasteiger partial charge in [-0.3, -0.25) is 14.9 Å². The number of benzene rings is 2. The third kappa shape index (κ3) is 3.69. The Morgan fingerprint density at radius 3 is 2.56 bits per heavy atom. The summed E-state index contributed by atoms with van der Waals surface area (Å²) in [6.45, 7) is 1.91. The average Bonchev–Trinajstić information content (AvgIpc) is 3.25. The number of imide groups is 2. The second-order valence-corrected chi connectivity index (χ2v) is 7.10. The van der Waals surface area contributed by atoms with Gasteiger partial charge in [0.25, 0.3) is 11.8 Å². The molecule has 8 heteroatoms. The van der Waals surface area contributed by atoms with E-state index in [1.165, 1.54) is 18.2 Å². The number of aromatic carboxylic acids is 1. The Bertz CT molecular complexity index is 1290. The molecular weight excluding hydrogens is 410 g/mol. The summed E-state index contributed by atoms with van der Waals surface area (Å²) >= 11 is 0. The van der Waals surface area contributed by atoms with Crippen molar-refractivity contribution in [2.75, 3.05) is 4.90 Å². The van der Waals surface area contributed by atoms with Gasteiger partial charge in [-0.05, 0) is 54.5 Å². The third-order valence-electron chi connectivity index (χ3n) is 5.16. The van der Waals surface area contributed by atoms with E-state index in [1.54, 1.807) is 47.2 Å². The maximum Gasteiger partial charge on any atom is 0.335 e. The van der Waals surface area contributed by atoms with E-state index >= 15 is 0 Å². The number of para-hydroxylation sites is 1. The Kier molecular flexibility index (Phi) is 5.43. The van der Waals surface area contributed by atoms with Crippen molar-refractivity contribution in [3.05, 3.63) is 89.3 Å². The zero-order valence-corrected chi connectivity index (χ0v) is 17.1. The van der Waals surface area contributed by atoms with Gasteiger partial charge >= 0.3 is 12.0 Å². The molecule has 0 unspecified atom stereocenters. The molecule has 0 spiro atoms. The fraction of sp³-hybridized carbons (Fsp3) is 0.0833. The first-order valence-electron chi connectivity index (χ1n) is 9.91. The lowest BCUT2D eigenvalue weighted by atomic mass is 10.1. The molecule has 4 amide bonds. The van der Waals surface area contributed by atoms with Gasteiger partial charge in [0, 0.05) is 17.6 Å². The lowest BCUT2D eigenvalue weighted by Gasteiger charge is -2.28. The van der Waals surface area contributed by atoms with Crippen LogP contribution in [0.4, 0.5) is 10.5 Å². The van der Waals surface area contributed by atoms with Crippen molar-refractivity contribution in [3.8, 4) is 5.69 Å². The number of barbiturate groups is 1. The standard InChI is InChI=1S/C24H19N3O5/c1-2-15-7-3-4-11-20(15)27-22(29)19(21(28)25-24(27)32)14-18-10-6-12-26(18)17-9-5-8-16(13-17)23(30)31/h3-14H,2H2,1H3,(H,30,31)(H,25,28,32)/b19-14+. The number of carbonyl (C=O) groups excluding carboxylic acids is 3. The number of rotatable bonds is 5. The Morgan fingerprint density at radius 2 is 1.81 bits per heavy atom. The van der Waals surface area contributed by atoms with E-state index in [-0.39, 0.29) is 11.1 Å². The highest BCUT2D eigenvalue weighted by molar-refractivity contribution is 6.39. The van der Waals surface area contributed by atoms with Crippen molar-refractivity contribution in [3.63, 3.8) is 0 Å². The van der Waals surface area contributed by atoms with Crippen LogP contribution in [0.25, 0.3) is 11.8 Å². The predicted octanol–water partition coefficient (Wildman–Crippen LogP) is 3.40. The summed E-state index contributed by atoms with van der Waals surface area (Å²) in [7, 11) is 0. The molecule has 1 aliphatic rings. The van der Waals surface area contributed by atoms with E-state index in [0.29, 0.717) is 23.5 Å². The largest absolute Gasteiger partial charge is 0.478 e. The SMILES string of the molecule is CCc1ccccc1N1C(=O)NC(=O)/C(=C\c2cccn2-c2cccc(C(=O)O)c2)C1=O. The minimum absolute atomic E-state index is 0.106. The number of aromatic nitrogens is 1. The van der Waals surface area contributed by atoms with Gasteiger partial charge in [-0.15, -0.1) is 0 Å². The van der Waals surface area contributed by atoms with E-state index in [1.807, 2.05) is 19.1 Å². The molecule has 1 fully saturated rings. The van der Waals surface area contributed by atoms with Crippen LogP contribution in [-0.2, 0) is 16.0 Å². The minimum atomic E-state index is -1.07. The molecule has 0 bridgehead atoms. The average molecular weight is 429 g/mol. The van der Waals surface area contributed by atoms with Crippen molar-refractivity contribution in [1.29, 1.82) is 0 Å². The molecule has 160 valence electrons. The molecule has 32 heavy (non-hydrogen) atoms. The predicted molar refractivity (Wildman–Crippen MR) is 118 cm³/mol. The van der Waals surface area contributed by atoms with Crippen molar-refractivity contribution >= 4 is 35.6 Å². The molecular formula is C24H19N3O5. The third-order valence-corrected chi connectivity index (χ3v) is 5.16. The van der Waals surface area contributed by atoms with Crippen LogP contribution < -0.4 is 10.2 Å². The van der Waals surface area contributed by atoms with Gasteiger partial charge < -0.3 is 9.67 Å². The van der Waals surface area contributed by atoms with Gasteiger partial charge in [0.15, 0.2) is 0 Å². The van der Waals surface area contributed by atoms with Crippen LogP contribution in [0.15, 0.2) is 72.4 Å². The van der Waals surface area contributed by atoms with E-state index < -0.39 is 23.8 Å². The zero-order valence-electron chi connectivity index (χ0n) is 17.1. The van der Waals surface area contributed by atoms with Crippen LogP contribution in [0.2, 0.25) is 0 Å². The van der Waals surface area contributed by atoms with E-state index in [2.05, 4.69) is 5.32 Å². The molecule has 0 saturated carbocycles. The summed E-state index contributed by atoms with van der Waals surface area (Å²) in [5.74, 6) is -2.59. The van der Waals surface area contributed by atoms with E-state index in [9.17, 15) is 24.3 Å². The smallest absolute Gasteiger partial charge is 0.335 e. The van der Waals surface area contributed by atoms with Crippen LogP contribution in [0.3, 0.4) is 0 Å². The van der Waals surface area contributed by atoms with Crippen LogP contribution in [0.1, 0.15) is 28.5 Å². The maximum absolute atomic E-state index is 13.2. The summed E-state index contributed by atoms with van der Waals surface area (Å²) in [6.07, 6.45) is 3.68. The Morgan fingerprint density at radius 1 is 1.03 bits per heavy atom. The van der Waals surface area contributed by atoms with Gasteiger partial charge in [-0.2, -0.15) is 0 Å². The quantitative estimate of drug-likeness (QED) is 0.477. The first kappa shape index (κ1) is 20.8. The highest BCUT2D eigenvalue weighted by Gasteiger charge is 2.37. The molecule has 2 aromatic carbocycles. The number of nitrogens with one attached hydrogen (secondary N) is 1. The van der Waals surface area contributed by atoms with Crippen LogP contribution in [0.5, 0.6) is 0 Å². The van der Waals surface area contributed by atoms with Crippen molar-refractivity contribution < 1.29 is 24.3 Å². The number of hydrogen-bond acceptors (Lipinski definition) is 4. The van der Waals surface area contributed by atoms with Gasteiger partial charge in [0.1, 0.15) is 5.57 Å². The summed E-state index contributed by atoms with van der Waals surface area (Å²) in [5, 5.41) is 11.5. The first-order chi connectivity index (χ1) is 15.4. The zero-order chi connectivity index (χ0) is 22.8. The second kappa shape index (κ2) is 8.35. The molecule has 1 aliphatic heterocycles. The lowest BCUT2D eigenvalue weighted by molar-refractivity contribution is -0.122. The van der Waals surface area contributed by atoms with Crippen LogP contribution in [-0.4, -0.2) is 33.5 Å². The molecule has 0 aliphatic carbocycles. The topological polar surface area (TPSA) is 109 Å². The van der Waals surface area contributed by atoms with Crippen LogP contribution >= 0.6 is 0 Å². The molecule has 1 saturated heterocycles. The number of carboxylic acids is 1. The van der Waals surface area contributed by atoms with Crippen molar-refractivity contribution in [2.24, 2.45) is 0 Å². The molecule has 4 rings (SSSR count). The minimum Gasteiger partial charge on any atom is -0.478 e. The summed E-state index contributed by atoms with van der Waals surface area (Å²) in [5.41, 5.74) is 2.14. The monoisotopic (exact) mass is 429 g/mol. The van der Waals surface area contributed by atoms with Gasteiger partial charge in [0.2, 0.25) is 0 Å². The fourth-order valence-corrected chi connectivity index (χ4v) is 3.59. The second-order valence-electron chi connectivity index (χ2n) is 7.10. The number of amides is 4. The first-order valence-corrected chi connectivity index (χ1v) is 9.91. The number of carbonyl (C=O) groups is 4. The summed E-state index contributed by atoms with van der Waals surface area (Å²) in [4.78, 5) is 50.5. The Balaban J connectivity index is 1.77. The molecule has 2 heterocycles. The van der Waals surface area contributed by atoms with Crippen LogP contribution in [0, 0.1) is 0 Å².